The predicted molar refractivity (Wildman–Crippen MR) is 154 cm³/mol. The number of methoxy groups -OCH3 is 2. The van der Waals surface area contributed by atoms with Crippen LogP contribution in [-0.2, 0) is 17.6 Å². The summed E-state index contributed by atoms with van der Waals surface area (Å²) in [5, 5.41) is 5.40. The molecule has 39 heavy (non-hydrogen) atoms. The summed E-state index contributed by atoms with van der Waals surface area (Å²) in [6, 6.07) is 18.5. The van der Waals surface area contributed by atoms with Crippen LogP contribution in [0.4, 0.5) is 17.2 Å². The fourth-order valence-electron chi connectivity index (χ4n) is 5.46. The first-order valence-corrected chi connectivity index (χ1v) is 13.1. The Morgan fingerprint density at radius 1 is 1.00 bits per heavy atom. The number of amides is 1. The lowest BCUT2D eigenvalue weighted by molar-refractivity contribution is -0.117. The minimum atomic E-state index is 0.115. The second-order valence-corrected chi connectivity index (χ2v) is 10.1. The molecule has 5 aromatic rings. The van der Waals surface area contributed by atoms with E-state index >= 15 is 0 Å². The molecule has 0 aliphatic carbocycles. The van der Waals surface area contributed by atoms with E-state index in [-0.39, 0.29) is 5.91 Å². The lowest BCUT2D eigenvalue weighted by Gasteiger charge is -2.18. The van der Waals surface area contributed by atoms with Crippen LogP contribution >= 0.6 is 0 Å². The van der Waals surface area contributed by atoms with Crippen molar-refractivity contribution in [2.24, 2.45) is 0 Å². The number of ether oxygens (including phenoxy) is 2. The first kappa shape index (κ1) is 24.7. The molecule has 0 spiro atoms. The molecule has 0 atom stereocenters. The van der Waals surface area contributed by atoms with Gasteiger partial charge in [-0.1, -0.05) is 18.2 Å². The second-order valence-electron chi connectivity index (χ2n) is 10.1. The van der Waals surface area contributed by atoms with Crippen molar-refractivity contribution in [3.63, 3.8) is 0 Å². The van der Waals surface area contributed by atoms with Crippen LogP contribution in [0.15, 0.2) is 67.1 Å². The van der Waals surface area contributed by atoms with E-state index in [9.17, 15) is 4.79 Å². The smallest absolute Gasteiger partial charge is 0.231 e. The molecule has 0 radical (unpaired) electrons. The molecule has 1 N–H and O–H groups in total. The number of carbonyl (C=O) groups is 1. The Bertz CT molecular complexity index is 1710. The average Bonchev–Trinajstić information content (AvgIpc) is 3.54. The van der Waals surface area contributed by atoms with Gasteiger partial charge in [0.05, 0.1) is 26.2 Å². The highest BCUT2D eigenvalue weighted by molar-refractivity contribution is 6.00. The number of carbonyl (C=O) groups excluding carboxylic acids is 1. The lowest BCUT2D eigenvalue weighted by Crippen LogP contribution is -2.30. The maximum absolute atomic E-state index is 13.5. The molecule has 0 unspecified atom stereocenters. The van der Waals surface area contributed by atoms with Crippen LogP contribution in [0.5, 0.6) is 11.5 Å². The van der Waals surface area contributed by atoms with Crippen LogP contribution in [0, 0.1) is 0 Å². The molecule has 198 valence electrons. The average molecular weight is 522 g/mol. The number of aromatic nitrogens is 3. The van der Waals surface area contributed by atoms with Gasteiger partial charge >= 0.3 is 0 Å². The summed E-state index contributed by atoms with van der Waals surface area (Å²) in [7, 11) is 3.21. The predicted octanol–water partition coefficient (Wildman–Crippen LogP) is 6.06. The highest BCUT2D eigenvalue weighted by Gasteiger charge is 2.26. The number of hydrogen-bond donors (Lipinski definition) is 1. The summed E-state index contributed by atoms with van der Waals surface area (Å²) >= 11 is 0. The zero-order valence-electron chi connectivity index (χ0n) is 22.6. The molecule has 1 amide bonds. The number of rotatable bonds is 7. The molecular weight excluding hydrogens is 490 g/mol. The van der Waals surface area contributed by atoms with Gasteiger partial charge in [0, 0.05) is 52.5 Å². The molecule has 1 aliphatic rings. The Labute approximate surface area is 227 Å². The van der Waals surface area contributed by atoms with Crippen LogP contribution < -0.4 is 19.7 Å². The highest BCUT2D eigenvalue weighted by Crippen LogP contribution is 2.36. The number of hydrogen-bond acceptors (Lipinski definition) is 6. The second kappa shape index (κ2) is 9.94. The molecule has 0 fully saturated rings. The van der Waals surface area contributed by atoms with E-state index in [2.05, 4.69) is 58.1 Å². The van der Waals surface area contributed by atoms with Gasteiger partial charge in [0.1, 0.15) is 12.1 Å². The molecule has 0 bridgehead atoms. The van der Waals surface area contributed by atoms with Gasteiger partial charge in [0.25, 0.3) is 0 Å². The largest absolute Gasteiger partial charge is 0.493 e. The highest BCUT2D eigenvalue weighted by atomic mass is 16.5. The minimum Gasteiger partial charge on any atom is -0.493 e. The minimum absolute atomic E-state index is 0.115. The summed E-state index contributed by atoms with van der Waals surface area (Å²) in [5.41, 5.74) is 5.99. The Morgan fingerprint density at radius 3 is 2.59 bits per heavy atom. The zero-order chi connectivity index (χ0) is 27.1. The summed E-state index contributed by atoms with van der Waals surface area (Å²) < 4.78 is 13.1. The van der Waals surface area contributed by atoms with Gasteiger partial charge in [-0.25, -0.2) is 9.97 Å². The normalized spacial score (nSPS) is 12.8. The van der Waals surface area contributed by atoms with Crippen LogP contribution in [0.3, 0.4) is 0 Å². The third kappa shape index (κ3) is 4.41. The van der Waals surface area contributed by atoms with Crippen molar-refractivity contribution in [2.75, 3.05) is 31.0 Å². The van der Waals surface area contributed by atoms with Gasteiger partial charge in [-0.05, 0) is 61.7 Å². The maximum atomic E-state index is 13.5. The SMILES string of the molecule is COc1cc2ncnc(Nc3ccc4c(c3)CCN4C(=O)Cc3cn(C(C)C)c4ccccc34)c2cc1OC. The van der Waals surface area contributed by atoms with Crippen LogP contribution in [-0.4, -0.2) is 41.2 Å². The summed E-state index contributed by atoms with van der Waals surface area (Å²) in [6.45, 7) is 5.00. The van der Waals surface area contributed by atoms with Crippen molar-refractivity contribution >= 4 is 44.9 Å². The van der Waals surface area contributed by atoms with Gasteiger partial charge in [0.2, 0.25) is 5.91 Å². The van der Waals surface area contributed by atoms with E-state index in [0.717, 1.165) is 45.2 Å². The third-order valence-electron chi connectivity index (χ3n) is 7.40. The number of benzene rings is 3. The fraction of sp³-hybridized carbons (Fsp3) is 0.258. The molecular formula is C31H31N5O3. The van der Waals surface area contributed by atoms with E-state index in [1.807, 2.05) is 41.3 Å². The van der Waals surface area contributed by atoms with Crippen LogP contribution in [0.2, 0.25) is 0 Å². The van der Waals surface area contributed by atoms with Gasteiger partial charge in [-0.2, -0.15) is 0 Å². The molecule has 6 rings (SSSR count). The molecule has 2 aromatic heterocycles. The zero-order valence-corrected chi connectivity index (χ0v) is 22.6. The Kier molecular flexibility index (Phi) is 6.30. The van der Waals surface area contributed by atoms with Crippen molar-refractivity contribution in [1.82, 2.24) is 14.5 Å². The molecule has 0 saturated carbocycles. The number of nitrogens with zero attached hydrogens (tertiary/aromatic N) is 4. The van der Waals surface area contributed by atoms with Gasteiger partial charge in [-0.3, -0.25) is 4.79 Å². The van der Waals surface area contributed by atoms with Crippen molar-refractivity contribution in [1.29, 1.82) is 0 Å². The molecule has 1 aliphatic heterocycles. The number of para-hydroxylation sites is 1. The first-order valence-electron chi connectivity index (χ1n) is 13.1. The van der Waals surface area contributed by atoms with Gasteiger partial charge < -0.3 is 24.3 Å². The standard InChI is InChI=1S/C31H31N5O3/c1-19(2)36-17-21(23-7-5-6-8-27(23)36)14-30(37)35-12-11-20-13-22(9-10-26(20)35)34-31-24-15-28(38-3)29(39-4)16-25(24)32-18-33-31/h5-10,13,15-19H,11-12,14H2,1-4H3,(H,32,33,34). The number of nitrogens with one attached hydrogen (secondary N) is 1. The Hall–Kier alpha value is -4.59. The van der Waals surface area contributed by atoms with E-state index in [1.54, 1.807) is 14.2 Å². The monoisotopic (exact) mass is 521 g/mol. The van der Waals surface area contributed by atoms with Crippen molar-refractivity contribution < 1.29 is 14.3 Å². The Balaban J connectivity index is 1.25. The van der Waals surface area contributed by atoms with E-state index in [4.69, 9.17) is 9.47 Å². The molecule has 3 aromatic carbocycles. The van der Waals surface area contributed by atoms with Gasteiger partial charge in [-0.15, -0.1) is 0 Å². The quantitative estimate of drug-likeness (QED) is 0.280. The van der Waals surface area contributed by atoms with Crippen LogP contribution in [0.1, 0.15) is 31.0 Å². The van der Waals surface area contributed by atoms with E-state index < -0.39 is 0 Å². The van der Waals surface area contributed by atoms with Crippen LogP contribution in [0.25, 0.3) is 21.8 Å². The Morgan fingerprint density at radius 2 is 1.79 bits per heavy atom. The maximum Gasteiger partial charge on any atom is 0.231 e. The van der Waals surface area contributed by atoms with E-state index in [0.29, 0.717) is 36.3 Å². The van der Waals surface area contributed by atoms with Crippen molar-refractivity contribution in [3.8, 4) is 11.5 Å². The van der Waals surface area contributed by atoms with Crippen molar-refractivity contribution in [2.45, 2.75) is 32.7 Å². The molecule has 8 nitrogen and oxygen atoms in total. The summed E-state index contributed by atoms with van der Waals surface area (Å²) in [6.07, 6.45) is 4.84. The van der Waals surface area contributed by atoms with Crippen molar-refractivity contribution in [3.05, 3.63) is 78.2 Å². The summed E-state index contributed by atoms with van der Waals surface area (Å²) in [5.74, 6) is 2.02. The van der Waals surface area contributed by atoms with Gasteiger partial charge in [0.15, 0.2) is 11.5 Å². The fourth-order valence-corrected chi connectivity index (χ4v) is 5.46. The number of fused-ring (bicyclic) bond motifs is 3. The van der Waals surface area contributed by atoms with E-state index in [1.165, 1.54) is 11.8 Å². The number of anilines is 3. The lowest BCUT2D eigenvalue weighted by atomic mass is 10.1. The molecule has 0 saturated heterocycles. The third-order valence-corrected chi connectivity index (χ3v) is 7.40. The molecule has 3 heterocycles. The first-order chi connectivity index (χ1) is 19.0. The summed E-state index contributed by atoms with van der Waals surface area (Å²) in [4.78, 5) is 24.3. The topological polar surface area (TPSA) is 81.5 Å². The molecule has 8 heteroatoms.